The molecule has 2 heterocycles. The van der Waals surface area contributed by atoms with Crippen LogP contribution in [-0.4, -0.2) is 10.7 Å². The minimum absolute atomic E-state index is 0.477. The Bertz CT molecular complexity index is 468. The van der Waals surface area contributed by atoms with Crippen molar-refractivity contribution in [2.24, 2.45) is 0 Å². The van der Waals surface area contributed by atoms with E-state index in [0.717, 1.165) is 17.3 Å². The van der Waals surface area contributed by atoms with Gasteiger partial charge in [-0.1, -0.05) is 18.2 Å². The molecule has 0 saturated carbocycles. The summed E-state index contributed by atoms with van der Waals surface area (Å²) in [6.07, 6.45) is 1.86. The number of aromatic nitrogens is 1. The number of hydrogen-bond donors (Lipinski definition) is 1. The number of nitrogens with one attached hydrogen (secondary N) is 1. The summed E-state index contributed by atoms with van der Waals surface area (Å²) in [5, 5.41) is 6.75. The maximum absolute atomic E-state index is 4.28. The molecule has 1 aliphatic rings. The van der Waals surface area contributed by atoms with Crippen LogP contribution in [0.2, 0.25) is 0 Å². The number of hydrogen-bond acceptors (Lipinski definition) is 4. The lowest BCUT2D eigenvalue weighted by Crippen LogP contribution is -2.20. The van der Waals surface area contributed by atoms with E-state index in [9.17, 15) is 0 Å². The molecule has 0 aliphatic carbocycles. The summed E-state index contributed by atoms with van der Waals surface area (Å²) in [6, 6.07) is 9.11. The highest BCUT2D eigenvalue weighted by Gasteiger charge is 2.21. The number of nitrogens with zero attached hydrogens (tertiary/aromatic N) is 1. The highest BCUT2D eigenvalue weighted by atomic mass is 32.2. The molecule has 0 amide bonds. The van der Waals surface area contributed by atoms with Crippen LogP contribution >= 0.6 is 23.1 Å². The predicted octanol–water partition coefficient (Wildman–Crippen LogP) is 3.08. The van der Waals surface area contributed by atoms with Crippen LogP contribution in [0.3, 0.4) is 0 Å². The van der Waals surface area contributed by atoms with E-state index in [2.05, 4.69) is 34.6 Å². The van der Waals surface area contributed by atoms with Crippen molar-refractivity contribution in [1.29, 1.82) is 0 Å². The summed E-state index contributed by atoms with van der Waals surface area (Å²) >= 11 is 3.64. The lowest BCUT2D eigenvalue weighted by Gasteiger charge is -2.11. The van der Waals surface area contributed by atoms with Gasteiger partial charge in [-0.15, -0.1) is 23.1 Å². The molecule has 2 aromatic rings. The first kappa shape index (κ1) is 10.3. The maximum Gasteiger partial charge on any atom is 0.106 e. The largest absolute Gasteiger partial charge is 0.303 e. The van der Waals surface area contributed by atoms with E-state index in [1.807, 2.05) is 23.3 Å². The number of fused-ring (bicyclic) bond motifs is 1. The fourth-order valence-corrected chi connectivity index (χ4v) is 3.64. The van der Waals surface area contributed by atoms with Crippen molar-refractivity contribution < 1.29 is 0 Å². The molecule has 16 heavy (non-hydrogen) atoms. The fourth-order valence-electron chi connectivity index (χ4n) is 1.88. The molecule has 0 radical (unpaired) electrons. The van der Waals surface area contributed by atoms with Crippen molar-refractivity contribution in [2.45, 2.75) is 17.5 Å². The van der Waals surface area contributed by atoms with Crippen LogP contribution in [0, 0.1) is 0 Å². The Morgan fingerprint density at radius 2 is 2.31 bits per heavy atom. The van der Waals surface area contributed by atoms with Crippen molar-refractivity contribution in [3.8, 4) is 0 Å². The van der Waals surface area contributed by atoms with Gasteiger partial charge in [0.05, 0.1) is 0 Å². The van der Waals surface area contributed by atoms with Gasteiger partial charge in [0, 0.05) is 34.8 Å². The highest BCUT2D eigenvalue weighted by molar-refractivity contribution is 7.99. The van der Waals surface area contributed by atoms with Crippen molar-refractivity contribution in [2.75, 3.05) is 5.75 Å². The van der Waals surface area contributed by atoms with Gasteiger partial charge >= 0.3 is 0 Å². The molecule has 1 aromatic heterocycles. The number of thiazole rings is 1. The molecule has 4 heteroatoms. The summed E-state index contributed by atoms with van der Waals surface area (Å²) in [5.41, 5.74) is 1.43. The van der Waals surface area contributed by atoms with Crippen LogP contribution < -0.4 is 5.32 Å². The first-order valence-electron chi connectivity index (χ1n) is 5.27. The third-order valence-electron chi connectivity index (χ3n) is 2.68. The average molecular weight is 248 g/mol. The molecule has 0 fully saturated rings. The maximum atomic E-state index is 4.28. The summed E-state index contributed by atoms with van der Waals surface area (Å²) < 4.78 is 0. The second kappa shape index (κ2) is 4.57. The quantitative estimate of drug-likeness (QED) is 0.903. The Morgan fingerprint density at radius 3 is 3.19 bits per heavy atom. The molecule has 0 bridgehead atoms. The van der Waals surface area contributed by atoms with E-state index in [0.29, 0.717) is 6.04 Å². The van der Waals surface area contributed by atoms with Gasteiger partial charge in [-0.05, 0) is 11.6 Å². The average Bonchev–Trinajstić information content (AvgIpc) is 2.96. The zero-order valence-corrected chi connectivity index (χ0v) is 10.4. The van der Waals surface area contributed by atoms with Gasteiger partial charge in [0.25, 0.3) is 0 Å². The Morgan fingerprint density at radius 1 is 1.38 bits per heavy atom. The molecule has 2 nitrogen and oxygen atoms in total. The standard InChI is InChI=1S/C12H12N2S2/c1-2-4-11-9(3-1)10(8-16-11)14-7-12-13-5-6-15-12/h1-6,10,14H,7-8H2. The lowest BCUT2D eigenvalue weighted by atomic mass is 10.1. The molecule has 0 saturated heterocycles. The Labute approximate surface area is 103 Å². The molecular weight excluding hydrogens is 236 g/mol. The van der Waals surface area contributed by atoms with Gasteiger partial charge in [-0.25, -0.2) is 4.98 Å². The third-order valence-corrected chi connectivity index (χ3v) is 4.65. The van der Waals surface area contributed by atoms with Crippen molar-refractivity contribution in [3.63, 3.8) is 0 Å². The van der Waals surface area contributed by atoms with E-state index in [1.165, 1.54) is 10.5 Å². The second-order valence-corrected chi connectivity index (χ2v) is 5.75. The van der Waals surface area contributed by atoms with E-state index >= 15 is 0 Å². The molecule has 1 aliphatic heterocycles. The Balaban J connectivity index is 1.69. The summed E-state index contributed by atoms with van der Waals surface area (Å²) in [5.74, 6) is 1.13. The van der Waals surface area contributed by atoms with E-state index in [1.54, 1.807) is 11.3 Å². The topological polar surface area (TPSA) is 24.9 Å². The highest BCUT2D eigenvalue weighted by Crippen LogP contribution is 2.37. The zero-order valence-electron chi connectivity index (χ0n) is 8.72. The van der Waals surface area contributed by atoms with Gasteiger partial charge in [0.2, 0.25) is 0 Å². The monoisotopic (exact) mass is 248 g/mol. The van der Waals surface area contributed by atoms with Crippen LogP contribution in [0.25, 0.3) is 0 Å². The Hall–Kier alpha value is -0.840. The molecule has 82 valence electrons. The molecule has 1 aromatic carbocycles. The van der Waals surface area contributed by atoms with Gasteiger partial charge < -0.3 is 5.32 Å². The van der Waals surface area contributed by atoms with Gasteiger partial charge in [0.1, 0.15) is 5.01 Å². The smallest absolute Gasteiger partial charge is 0.106 e. The van der Waals surface area contributed by atoms with E-state index in [4.69, 9.17) is 0 Å². The second-order valence-electron chi connectivity index (χ2n) is 3.71. The van der Waals surface area contributed by atoms with Gasteiger partial charge in [-0.3, -0.25) is 0 Å². The zero-order chi connectivity index (χ0) is 10.8. The third kappa shape index (κ3) is 2.00. The normalized spacial score (nSPS) is 18.6. The molecule has 0 spiro atoms. The molecular formula is C12H12N2S2. The number of rotatable bonds is 3. The fraction of sp³-hybridized carbons (Fsp3) is 0.250. The van der Waals surface area contributed by atoms with Crippen molar-refractivity contribution >= 4 is 23.1 Å². The van der Waals surface area contributed by atoms with Crippen molar-refractivity contribution in [1.82, 2.24) is 10.3 Å². The first-order valence-corrected chi connectivity index (χ1v) is 7.13. The van der Waals surface area contributed by atoms with Crippen molar-refractivity contribution in [3.05, 3.63) is 46.4 Å². The summed E-state index contributed by atoms with van der Waals surface area (Å²) in [7, 11) is 0. The van der Waals surface area contributed by atoms with Crippen LogP contribution in [-0.2, 0) is 6.54 Å². The number of thioether (sulfide) groups is 1. The summed E-state index contributed by atoms with van der Waals surface area (Å²) in [6.45, 7) is 0.872. The molecule has 3 rings (SSSR count). The molecule has 1 unspecified atom stereocenters. The van der Waals surface area contributed by atoms with Gasteiger partial charge in [-0.2, -0.15) is 0 Å². The van der Waals surface area contributed by atoms with E-state index in [-0.39, 0.29) is 0 Å². The van der Waals surface area contributed by atoms with E-state index < -0.39 is 0 Å². The Kier molecular flexibility index (Phi) is 2.95. The number of benzene rings is 1. The SMILES string of the molecule is c1ccc2c(c1)SCC2NCc1nccs1. The van der Waals surface area contributed by atoms with Crippen LogP contribution in [0.5, 0.6) is 0 Å². The lowest BCUT2D eigenvalue weighted by molar-refractivity contribution is 0.582. The van der Waals surface area contributed by atoms with Crippen LogP contribution in [0.1, 0.15) is 16.6 Å². The predicted molar refractivity (Wildman–Crippen MR) is 68.9 cm³/mol. The minimum atomic E-state index is 0.477. The first-order chi connectivity index (χ1) is 7.93. The molecule has 1 N–H and O–H groups in total. The molecule has 1 atom stereocenters. The van der Waals surface area contributed by atoms with Crippen LogP contribution in [0.15, 0.2) is 40.7 Å². The summed E-state index contributed by atoms with van der Waals surface area (Å²) in [4.78, 5) is 5.70. The van der Waals surface area contributed by atoms with Crippen LogP contribution in [0.4, 0.5) is 0 Å². The van der Waals surface area contributed by atoms with Gasteiger partial charge in [0.15, 0.2) is 0 Å². The minimum Gasteiger partial charge on any atom is -0.303 e.